The Bertz CT molecular complexity index is 1130. The quantitative estimate of drug-likeness (QED) is 0.0409. The fourth-order valence-electron chi connectivity index (χ4n) is 9.36. The minimum Gasteiger partial charge on any atom is -0.460 e. The lowest BCUT2D eigenvalue weighted by molar-refractivity contribution is -0.224. The van der Waals surface area contributed by atoms with Crippen LogP contribution in [0, 0.1) is 5.92 Å². The molecule has 358 valence electrons. The number of thioether (sulfide) groups is 1. The highest BCUT2D eigenvalue weighted by Gasteiger charge is 2.51. The average molecular weight is 883 g/mol. The first kappa shape index (κ1) is 55.7. The number of rotatable bonds is 37. The number of aliphatic hydroxyl groups is 2. The summed E-state index contributed by atoms with van der Waals surface area (Å²) in [5.74, 6) is -0.591. The van der Waals surface area contributed by atoms with Gasteiger partial charge < -0.3 is 29.7 Å². The molecule has 0 aromatic carbocycles. The van der Waals surface area contributed by atoms with E-state index >= 15 is 0 Å². The molecule has 0 aromatic heterocycles. The number of carbonyl (C=O) groups excluding carboxylic acids is 3. The second-order valence-electron chi connectivity index (χ2n) is 18.7. The number of carbonyl (C=O) groups is 3. The molecule has 3 N–H and O–H groups in total. The van der Waals surface area contributed by atoms with E-state index in [0.29, 0.717) is 12.3 Å². The Morgan fingerprint density at radius 1 is 0.672 bits per heavy atom. The van der Waals surface area contributed by atoms with Gasteiger partial charge in [0.05, 0.1) is 12.1 Å². The molecule has 2 saturated heterocycles. The number of likely N-dealkylation sites (tertiary alicyclic amines) is 1. The molecule has 0 radical (unpaired) electrons. The lowest BCUT2D eigenvalue weighted by Crippen LogP contribution is -2.66. The van der Waals surface area contributed by atoms with Gasteiger partial charge in [-0.15, -0.1) is 11.8 Å². The number of aliphatic hydroxyl groups excluding tert-OH is 2. The van der Waals surface area contributed by atoms with Crippen LogP contribution in [0.4, 0.5) is 0 Å². The summed E-state index contributed by atoms with van der Waals surface area (Å²) in [6.07, 6.45) is 30.7. The zero-order valence-electron chi connectivity index (χ0n) is 40.0. The third kappa shape index (κ3) is 23.4. The average Bonchev–Trinajstić information content (AvgIpc) is 3.62. The topological polar surface area (TPSA) is 135 Å². The minimum absolute atomic E-state index is 0.220. The summed E-state index contributed by atoms with van der Waals surface area (Å²) < 4.78 is 18.1. The Balaban J connectivity index is 1.89. The van der Waals surface area contributed by atoms with Gasteiger partial charge in [0.15, 0.2) is 6.10 Å². The van der Waals surface area contributed by atoms with Gasteiger partial charge in [0.25, 0.3) is 0 Å². The molecule has 2 aliphatic heterocycles. The number of likely N-dealkylation sites (N-methyl/N-ethyl adjacent to an activating group) is 1. The van der Waals surface area contributed by atoms with Crippen LogP contribution in [0.25, 0.3) is 0 Å². The highest BCUT2D eigenvalue weighted by Crippen LogP contribution is 2.33. The number of hydrogen-bond donors (Lipinski definition) is 3. The van der Waals surface area contributed by atoms with E-state index in [1.807, 2.05) is 7.05 Å². The van der Waals surface area contributed by atoms with Crippen molar-refractivity contribution in [1.82, 2.24) is 10.2 Å². The van der Waals surface area contributed by atoms with Crippen LogP contribution in [-0.4, -0.2) is 101 Å². The number of unbranched alkanes of at least 4 members (excludes halogenated alkanes) is 24. The number of amides is 1. The van der Waals surface area contributed by atoms with Crippen LogP contribution >= 0.6 is 11.8 Å². The minimum atomic E-state index is -1.50. The van der Waals surface area contributed by atoms with Crippen LogP contribution in [0.5, 0.6) is 0 Å². The molecule has 0 saturated carbocycles. The van der Waals surface area contributed by atoms with Gasteiger partial charge in [-0.25, -0.2) is 0 Å². The monoisotopic (exact) mass is 883 g/mol. The fraction of sp³-hybridized carbons (Fsp3) is 0.940. The van der Waals surface area contributed by atoms with E-state index in [0.717, 1.165) is 57.9 Å². The predicted molar refractivity (Wildman–Crippen MR) is 252 cm³/mol. The number of ether oxygens (including phenoxy) is 3. The van der Waals surface area contributed by atoms with Crippen molar-refractivity contribution in [2.75, 3.05) is 19.8 Å². The standard InChI is InChI=1S/C50H94N2O8S/c1-7-10-12-14-16-18-20-22-24-26-28-30-32-35-42(53)58-39(4)44(51-49(57)41-37-40(34-9-3)38-52(41)5)47-45(55)46(56)48(50(60-47)61-6)59-43(54)36-33-31-29-27-25-23-21-19-17-15-13-11-8-2/h39-41,44-48,50,55-56H,7-38H2,1-6H3,(H,51,57)/t39-,40-,41?,44+,45+,46?,47+,48+,50+/m0/s1. The Hall–Kier alpha value is -1.40. The predicted octanol–water partition coefficient (Wildman–Crippen LogP) is 11.2. The Labute approximate surface area is 377 Å². The molecule has 0 aliphatic carbocycles. The van der Waals surface area contributed by atoms with Crippen molar-refractivity contribution in [3.8, 4) is 0 Å². The molecule has 0 aromatic rings. The van der Waals surface area contributed by atoms with Crippen molar-refractivity contribution in [2.45, 2.75) is 275 Å². The molecule has 2 aliphatic rings. The number of esters is 2. The molecular weight excluding hydrogens is 789 g/mol. The van der Waals surface area contributed by atoms with Gasteiger partial charge in [-0.3, -0.25) is 19.3 Å². The van der Waals surface area contributed by atoms with Crippen molar-refractivity contribution in [3.63, 3.8) is 0 Å². The molecule has 1 amide bonds. The van der Waals surface area contributed by atoms with Crippen molar-refractivity contribution >= 4 is 29.6 Å². The number of nitrogens with zero attached hydrogens (tertiary/aromatic N) is 1. The van der Waals surface area contributed by atoms with Crippen molar-refractivity contribution < 1.29 is 38.8 Å². The first-order valence-electron chi connectivity index (χ1n) is 25.5. The largest absolute Gasteiger partial charge is 0.460 e. The maximum absolute atomic E-state index is 13.9. The van der Waals surface area contributed by atoms with E-state index in [-0.39, 0.29) is 30.8 Å². The van der Waals surface area contributed by atoms with Gasteiger partial charge in [0.1, 0.15) is 29.9 Å². The Kier molecular flexibility index (Phi) is 31.9. The molecule has 61 heavy (non-hydrogen) atoms. The molecule has 2 heterocycles. The summed E-state index contributed by atoms with van der Waals surface area (Å²) in [6, 6.07) is -1.31. The van der Waals surface area contributed by atoms with Crippen LogP contribution in [0.1, 0.15) is 227 Å². The molecule has 0 spiro atoms. The zero-order valence-corrected chi connectivity index (χ0v) is 40.8. The first-order chi connectivity index (χ1) is 29.6. The van der Waals surface area contributed by atoms with E-state index in [9.17, 15) is 24.6 Å². The molecular formula is C50H94N2O8S. The molecule has 0 bridgehead atoms. The SMILES string of the molecule is CCCCCCCCCCCCCCCC(=O)O[C@@H](C)[C@@H](NC(=O)C1C[C@H](CCC)CN1C)[C@H]1O[C@H](SC)[C@H](OC(=O)CCCCCCCCCCCCCCC)C(O)[C@H]1O. The van der Waals surface area contributed by atoms with Crippen LogP contribution in [0.15, 0.2) is 0 Å². The van der Waals surface area contributed by atoms with Crippen LogP contribution in [-0.2, 0) is 28.6 Å². The third-order valence-corrected chi connectivity index (χ3v) is 14.0. The Morgan fingerprint density at radius 3 is 1.56 bits per heavy atom. The zero-order chi connectivity index (χ0) is 44.7. The second kappa shape index (κ2) is 34.9. The van der Waals surface area contributed by atoms with Gasteiger partial charge in [-0.05, 0) is 51.8 Å². The van der Waals surface area contributed by atoms with E-state index in [4.69, 9.17) is 14.2 Å². The summed E-state index contributed by atoms with van der Waals surface area (Å²) >= 11 is 1.27. The molecule has 2 unspecified atom stereocenters. The Morgan fingerprint density at radius 2 is 1.11 bits per heavy atom. The normalized spacial score (nSPS) is 24.1. The van der Waals surface area contributed by atoms with Crippen LogP contribution in [0.2, 0.25) is 0 Å². The fourth-order valence-corrected chi connectivity index (χ4v) is 10.1. The van der Waals surface area contributed by atoms with Gasteiger partial charge in [0, 0.05) is 19.4 Å². The third-order valence-electron chi connectivity index (χ3n) is 13.2. The molecule has 2 fully saturated rings. The highest BCUT2D eigenvalue weighted by atomic mass is 32.2. The van der Waals surface area contributed by atoms with Crippen molar-refractivity contribution in [1.29, 1.82) is 0 Å². The van der Waals surface area contributed by atoms with Crippen molar-refractivity contribution in [2.24, 2.45) is 5.92 Å². The lowest BCUT2D eigenvalue weighted by Gasteiger charge is -2.45. The number of hydrogen-bond acceptors (Lipinski definition) is 10. The van der Waals surface area contributed by atoms with E-state index in [1.54, 1.807) is 13.2 Å². The molecule has 11 heteroatoms. The van der Waals surface area contributed by atoms with Crippen molar-refractivity contribution in [3.05, 3.63) is 0 Å². The van der Waals surface area contributed by atoms with E-state index in [1.165, 1.54) is 140 Å². The first-order valence-corrected chi connectivity index (χ1v) is 26.8. The maximum Gasteiger partial charge on any atom is 0.306 e. The van der Waals surface area contributed by atoms with Crippen LogP contribution < -0.4 is 5.32 Å². The summed E-state index contributed by atoms with van der Waals surface area (Å²) in [7, 11) is 1.95. The van der Waals surface area contributed by atoms with E-state index < -0.39 is 48.0 Å². The van der Waals surface area contributed by atoms with Gasteiger partial charge in [0.2, 0.25) is 5.91 Å². The van der Waals surface area contributed by atoms with E-state index in [2.05, 4.69) is 31.0 Å². The molecule has 2 rings (SSSR count). The van der Waals surface area contributed by atoms with Gasteiger partial charge >= 0.3 is 11.9 Å². The lowest BCUT2D eigenvalue weighted by atomic mass is 9.91. The van der Waals surface area contributed by atoms with Gasteiger partial charge in [-0.2, -0.15) is 0 Å². The number of nitrogens with one attached hydrogen (secondary N) is 1. The summed E-state index contributed by atoms with van der Waals surface area (Å²) in [4.78, 5) is 42.1. The summed E-state index contributed by atoms with van der Waals surface area (Å²) in [5, 5.41) is 26.2. The highest BCUT2D eigenvalue weighted by molar-refractivity contribution is 7.99. The maximum atomic E-state index is 13.9. The van der Waals surface area contributed by atoms with Crippen LogP contribution in [0.3, 0.4) is 0 Å². The smallest absolute Gasteiger partial charge is 0.306 e. The summed E-state index contributed by atoms with van der Waals surface area (Å²) in [6.45, 7) is 9.19. The molecule has 10 nitrogen and oxygen atoms in total. The summed E-state index contributed by atoms with van der Waals surface area (Å²) in [5.41, 5.74) is -0.796. The molecule has 9 atom stereocenters. The second-order valence-corrected chi connectivity index (χ2v) is 19.6. The van der Waals surface area contributed by atoms with Gasteiger partial charge in [-0.1, -0.05) is 181 Å².